The molecule has 0 spiro atoms. The number of esters is 1. The first kappa shape index (κ1) is 23.9. The molecule has 0 aliphatic carbocycles. The molecule has 6 nitrogen and oxygen atoms in total. The van der Waals surface area contributed by atoms with Gasteiger partial charge in [0.05, 0.1) is 6.61 Å². The Balaban J connectivity index is 1.54. The van der Waals surface area contributed by atoms with E-state index in [0.29, 0.717) is 17.2 Å². The van der Waals surface area contributed by atoms with Crippen molar-refractivity contribution in [1.29, 1.82) is 0 Å². The van der Waals surface area contributed by atoms with E-state index in [4.69, 9.17) is 14.2 Å². The summed E-state index contributed by atoms with van der Waals surface area (Å²) in [5, 5.41) is 2.83. The topological polar surface area (TPSA) is 73.9 Å². The molecule has 3 aromatic carbocycles. The highest BCUT2D eigenvalue weighted by Gasteiger charge is 2.32. The Morgan fingerprint density at radius 3 is 2.21 bits per heavy atom. The summed E-state index contributed by atoms with van der Waals surface area (Å²) < 4.78 is 16.5. The van der Waals surface area contributed by atoms with Crippen LogP contribution in [-0.2, 0) is 14.3 Å². The minimum atomic E-state index is -1.11. The van der Waals surface area contributed by atoms with E-state index in [-0.39, 0.29) is 19.1 Å². The zero-order valence-electron chi connectivity index (χ0n) is 19.4. The fourth-order valence-electron chi connectivity index (χ4n) is 3.17. The van der Waals surface area contributed by atoms with E-state index in [1.165, 1.54) is 0 Å². The van der Waals surface area contributed by atoms with Gasteiger partial charge in [0.2, 0.25) is 0 Å². The van der Waals surface area contributed by atoms with Gasteiger partial charge in [-0.3, -0.25) is 4.79 Å². The number of benzene rings is 3. The van der Waals surface area contributed by atoms with Crippen LogP contribution >= 0.6 is 0 Å². The highest BCUT2D eigenvalue weighted by Crippen LogP contribution is 2.27. The van der Waals surface area contributed by atoms with Gasteiger partial charge in [-0.05, 0) is 74.7 Å². The molecule has 0 unspecified atom stereocenters. The van der Waals surface area contributed by atoms with Gasteiger partial charge in [-0.25, -0.2) is 4.79 Å². The highest BCUT2D eigenvalue weighted by atomic mass is 16.6. The molecule has 6 heteroatoms. The summed E-state index contributed by atoms with van der Waals surface area (Å²) in [4.78, 5) is 24.4. The maximum atomic E-state index is 12.3. The largest absolute Gasteiger partial charge is 0.484 e. The first-order valence-corrected chi connectivity index (χ1v) is 10.8. The molecule has 0 aromatic heterocycles. The first-order valence-electron chi connectivity index (χ1n) is 10.8. The number of hydrogen-bond acceptors (Lipinski definition) is 5. The second kappa shape index (κ2) is 10.7. The molecular weight excluding hydrogens is 418 g/mol. The molecule has 0 radical (unpaired) electrons. The third-order valence-electron chi connectivity index (χ3n) is 4.92. The Morgan fingerprint density at radius 2 is 1.58 bits per heavy atom. The van der Waals surface area contributed by atoms with Crippen LogP contribution < -0.4 is 14.8 Å². The van der Waals surface area contributed by atoms with Gasteiger partial charge in [-0.2, -0.15) is 0 Å². The molecule has 0 atom stereocenters. The summed E-state index contributed by atoms with van der Waals surface area (Å²) in [6, 6.07) is 22.9. The third kappa shape index (κ3) is 6.59. The monoisotopic (exact) mass is 447 g/mol. The van der Waals surface area contributed by atoms with Crippen molar-refractivity contribution in [2.75, 3.05) is 18.5 Å². The van der Waals surface area contributed by atoms with Crippen molar-refractivity contribution in [2.24, 2.45) is 0 Å². The molecule has 1 amide bonds. The minimum absolute atomic E-state index is 0.131. The first-order chi connectivity index (χ1) is 15.8. The molecule has 0 aliphatic heterocycles. The number of aryl methyl sites for hydroxylation is 1. The number of hydrogen-bond donors (Lipinski definition) is 1. The Bertz CT molecular complexity index is 1090. The maximum Gasteiger partial charge on any atom is 0.349 e. The van der Waals surface area contributed by atoms with Crippen LogP contribution in [0, 0.1) is 6.92 Å². The van der Waals surface area contributed by atoms with Crippen molar-refractivity contribution in [2.45, 2.75) is 33.3 Å². The van der Waals surface area contributed by atoms with Crippen LogP contribution in [0.3, 0.4) is 0 Å². The Kier molecular flexibility index (Phi) is 7.72. The molecule has 0 saturated heterocycles. The fourth-order valence-corrected chi connectivity index (χ4v) is 3.17. The van der Waals surface area contributed by atoms with Crippen molar-refractivity contribution < 1.29 is 23.8 Å². The Hall–Kier alpha value is -3.80. The van der Waals surface area contributed by atoms with Crippen molar-refractivity contribution in [3.63, 3.8) is 0 Å². The van der Waals surface area contributed by atoms with Crippen LogP contribution in [0.25, 0.3) is 11.1 Å². The van der Waals surface area contributed by atoms with E-state index in [2.05, 4.69) is 5.32 Å². The fraction of sp³-hybridized carbons (Fsp3) is 0.259. The predicted octanol–water partition coefficient (Wildman–Crippen LogP) is 5.40. The lowest BCUT2D eigenvalue weighted by Gasteiger charge is -2.25. The molecule has 0 heterocycles. The summed E-state index contributed by atoms with van der Waals surface area (Å²) >= 11 is 0. The van der Waals surface area contributed by atoms with Gasteiger partial charge in [-0.1, -0.05) is 42.5 Å². The van der Waals surface area contributed by atoms with Crippen LogP contribution in [0.1, 0.15) is 26.3 Å². The molecule has 3 aromatic rings. The number of anilines is 1. The van der Waals surface area contributed by atoms with Crippen molar-refractivity contribution in [1.82, 2.24) is 0 Å². The molecular formula is C27H29NO5. The van der Waals surface area contributed by atoms with Gasteiger partial charge in [0.25, 0.3) is 5.91 Å². The predicted molar refractivity (Wildman–Crippen MR) is 129 cm³/mol. The van der Waals surface area contributed by atoms with Crippen LogP contribution in [-0.4, -0.2) is 30.7 Å². The van der Waals surface area contributed by atoms with Crippen molar-refractivity contribution >= 4 is 17.6 Å². The van der Waals surface area contributed by atoms with Gasteiger partial charge >= 0.3 is 5.97 Å². The second-order valence-corrected chi connectivity index (χ2v) is 8.04. The van der Waals surface area contributed by atoms with E-state index >= 15 is 0 Å². The molecule has 0 saturated carbocycles. The molecule has 3 rings (SSSR count). The quantitative estimate of drug-likeness (QED) is 0.445. The number of carbonyl (C=O) groups excluding carboxylic acids is 2. The van der Waals surface area contributed by atoms with Gasteiger partial charge in [0, 0.05) is 5.69 Å². The van der Waals surface area contributed by atoms with Crippen LogP contribution in [0.4, 0.5) is 5.69 Å². The number of amides is 1. The molecule has 172 valence electrons. The summed E-state index contributed by atoms with van der Waals surface area (Å²) in [6.45, 7) is 7.07. The SMILES string of the molecule is CCOC(=O)C(C)(C)Oc1ccc(OCC(=O)Nc2ccc(-c3ccccc3)cc2)cc1C. The van der Waals surface area contributed by atoms with Crippen molar-refractivity contribution in [3.8, 4) is 22.6 Å². The Morgan fingerprint density at radius 1 is 0.909 bits per heavy atom. The van der Waals surface area contributed by atoms with E-state index < -0.39 is 11.6 Å². The van der Waals surface area contributed by atoms with E-state index in [9.17, 15) is 9.59 Å². The lowest BCUT2D eigenvalue weighted by molar-refractivity contribution is -0.158. The van der Waals surface area contributed by atoms with Crippen molar-refractivity contribution in [3.05, 3.63) is 78.4 Å². The lowest BCUT2D eigenvalue weighted by Crippen LogP contribution is -2.39. The highest BCUT2D eigenvalue weighted by molar-refractivity contribution is 5.92. The van der Waals surface area contributed by atoms with E-state index in [1.54, 1.807) is 39.0 Å². The second-order valence-electron chi connectivity index (χ2n) is 8.04. The number of carbonyl (C=O) groups is 2. The number of ether oxygens (including phenoxy) is 3. The van der Waals surface area contributed by atoms with E-state index in [1.807, 2.05) is 61.5 Å². The Labute approximate surface area is 194 Å². The number of rotatable bonds is 9. The molecule has 0 fully saturated rings. The lowest BCUT2D eigenvalue weighted by atomic mass is 10.1. The zero-order chi connectivity index (χ0) is 23.8. The smallest absolute Gasteiger partial charge is 0.349 e. The summed E-state index contributed by atoms with van der Waals surface area (Å²) in [5.41, 5.74) is 2.56. The van der Waals surface area contributed by atoms with Gasteiger partial charge in [-0.15, -0.1) is 0 Å². The van der Waals surface area contributed by atoms with Gasteiger partial charge < -0.3 is 19.5 Å². The number of nitrogens with one attached hydrogen (secondary N) is 1. The molecule has 0 aliphatic rings. The third-order valence-corrected chi connectivity index (χ3v) is 4.92. The summed E-state index contributed by atoms with van der Waals surface area (Å²) in [7, 11) is 0. The van der Waals surface area contributed by atoms with Gasteiger partial charge in [0.15, 0.2) is 12.2 Å². The minimum Gasteiger partial charge on any atom is -0.484 e. The normalized spacial score (nSPS) is 10.9. The molecule has 1 N–H and O–H groups in total. The molecule has 33 heavy (non-hydrogen) atoms. The maximum absolute atomic E-state index is 12.3. The van der Waals surface area contributed by atoms with Crippen LogP contribution in [0.2, 0.25) is 0 Å². The van der Waals surface area contributed by atoms with E-state index in [0.717, 1.165) is 16.7 Å². The molecule has 0 bridgehead atoms. The average molecular weight is 448 g/mol. The average Bonchev–Trinajstić information content (AvgIpc) is 2.80. The zero-order valence-corrected chi connectivity index (χ0v) is 19.4. The van der Waals surface area contributed by atoms with Crippen LogP contribution in [0.5, 0.6) is 11.5 Å². The van der Waals surface area contributed by atoms with Crippen LogP contribution in [0.15, 0.2) is 72.8 Å². The standard InChI is InChI=1S/C27H29NO5/c1-5-31-26(30)27(3,4)33-24-16-15-23(17-19(24)2)32-18-25(29)28-22-13-11-21(12-14-22)20-9-7-6-8-10-20/h6-17H,5,18H2,1-4H3,(H,28,29). The van der Waals surface area contributed by atoms with Gasteiger partial charge in [0.1, 0.15) is 11.5 Å². The summed E-state index contributed by atoms with van der Waals surface area (Å²) in [6.07, 6.45) is 0. The summed E-state index contributed by atoms with van der Waals surface area (Å²) in [5.74, 6) is 0.383.